The van der Waals surface area contributed by atoms with E-state index in [1.54, 1.807) is 6.20 Å². The lowest BCUT2D eigenvalue weighted by atomic mass is 10.2. The van der Waals surface area contributed by atoms with Gasteiger partial charge in [0.05, 0.1) is 4.47 Å². The zero-order valence-corrected chi connectivity index (χ0v) is 12.0. The van der Waals surface area contributed by atoms with Gasteiger partial charge in [0.15, 0.2) is 0 Å². The first kappa shape index (κ1) is 14.0. The summed E-state index contributed by atoms with van der Waals surface area (Å²) >= 11 is 3.45. The van der Waals surface area contributed by atoms with Gasteiger partial charge in [0, 0.05) is 12.7 Å². The van der Waals surface area contributed by atoms with Crippen molar-refractivity contribution in [1.29, 1.82) is 0 Å². The highest BCUT2D eigenvalue weighted by Gasteiger charge is 2.14. The summed E-state index contributed by atoms with van der Waals surface area (Å²) in [6.45, 7) is 6.53. The van der Waals surface area contributed by atoms with Gasteiger partial charge in [-0.05, 0) is 47.8 Å². The molecule has 1 aromatic heterocycles. The lowest BCUT2D eigenvalue weighted by Crippen LogP contribution is -2.38. The Balaban J connectivity index is 2.64. The summed E-state index contributed by atoms with van der Waals surface area (Å²) in [6.07, 6.45) is 2.66. The molecule has 0 fully saturated rings. The van der Waals surface area contributed by atoms with Crippen LogP contribution in [-0.4, -0.2) is 23.5 Å². The number of anilines is 1. The number of hydrogen-bond donors (Lipinski definition) is 2. The molecule has 1 rings (SSSR count). The number of rotatable bonds is 5. The number of hydrogen-bond acceptors (Lipinski definition) is 3. The highest BCUT2D eigenvalue weighted by atomic mass is 79.9. The van der Waals surface area contributed by atoms with E-state index in [-0.39, 0.29) is 11.9 Å². The van der Waals surface area contributed by atoms with Gasteiger partial charge in [-0.1, -0.05) is 6.92 Å². The Bertz CT molecular complexity index is 395. The minimum absolute atomic E-state index is 0.0120. The molecule has 0 spiro atoms. The molecule has 17 heavy (non-hydrogen) atoms. The predicted molar refractivity (Wildman–Crippen MR) is 73.1 cm³/mol. The van der Waals surface area contributed by atoms with Gasteiger partial charge in [0.2, 0.25) is 5.91 Å². The summed E-state index contributed by atoms with van der Waals surface area (Å²) < 4.78 is 0.898. The Kier molecular flexibility index (Phi) is 5.41. The second kappa shape index (κ2) is 6.59. The SMILES string of the molecule is CCCNC(=O)C(C)Nc1nccc(C)c1Br. The first-order valence-electron chi connectivity index (χ1n) is 5.71. The molecule has 0 saturated carbocycles. The predicted octanol–water partition coefficient (Wildman–Crippen LogP) is 2.48. The number of aromatic nitrogens is 1. The summed E-state index contributed by atoms with van der Waals surface area (Å²) in [5.74, 6) is 0.686. The molecule has 0 aliphatic rings. The van der Waals surface area contributed by atoms with Crippen molar-refractivity contribution in [2.45, 2.75) is 33.2 Å². The van der Waals surface area contributed by atoms with Gasteiger partial charge in [0.1, 0.15) is 11.9 Å². The van der Waals surface area contributed by atoms with Gasteiger partial charge < -0.3 is 10.6 Å². The molecule has 5 heteroatoms. The van der Waals surface area contributed by atoms with Crippen molar-refractivity contribution in [2.24, 2.45) is 0 Å². The average molecular weight is 300 g/mol. The zero-order valence-electron chi connectivity index (χ0n) is 10.4. The molecular weight excluding hydrogens is 282 g/mol. The lowest BCUT2D eigenvalue weighted by molar-refractivity contribution is -0.121. The van der Waals surface area contributed by atoms with Gasteiger partial charge in [-0.25, -0.2) is 4.98 Å². The minimum Gasteiger partial charge on any atom is -0.358 e. The number of nitrogens with zero attached hydrogens (tertiary/aromatic N) is 1. The monoisotopic (exact) mass is 299 g/mol. The largest absolute Gasteiger partial charge is 0.358 e. The maximum absolute atomic E-state index is 11.7. The van der Waals surface area contributed by atoms with E-state index in [9.17, 15) is 4.79 Å². The quantitative estimate of drug-likeness (QED) is 0.878. The fraction of sp³-hybridized carbons (Fsp3) is 0.500. The van der Waals surface area contributed by atoms with E-state index in [1.165, 1.54) is 0 Å². The molecule has 0 aromatic carbocycles. The molecule has 0 aliphatic heterocycles. The molecule has 0 saturated heterocycles. The number of carbonyl (C=O) groups excluding carboxylic acids is 1. The summed E-state index contributed by atoms with van der Waals surface area (Å²) in [4.78, 5) is 15.9. The number of halogens is 1. The van der Waals surface area contributed by atoms with Crippen molar-refractivity contribution >= 4 is 27.7 Å². The number of amides is 1. The van der Waals surface area contributed by atoms with Crippen LogP contribution in [0.2, 0.25) is 0 Å². The van der Waals surface area contributed by atoms with Crippen molar-refractivity contribution < 1.29 is 4.79 Å². The molecule has 0 radical (unpaired) electrons. The summed E-state index contributed by atoms with van der Waals surface area (Å²) in [5.41, 5.74) is 1.09. The maximum atomic E-state index is 11.7. The van der Waals surface area contributed by atoms with E-state index in [0.29, 0.717) is 12.4 Å². The lowest BCUT2D eigenvalue weighted by Gasteiger charge is -2.15. The van der Waals surface area contributed by atoms with Gasteiger partial charge in [-0.3, -0.25) is 4.79 Å². The number of aryl methyl sites for hydroxylation is 1. The first-order chi connectivity index (χ1) is 8.06. The van der Waals surface area contributed by atoms with E-state index >= 15 is 0 Å². The molecule has 1 atom stereocenters. The van der Waals surface area contributed by atoms with Crippen LogP contribution >= 0.6 is 15.9 Å². The summed E-state index contributed by atoms with van der Waals surface area (Å²) in [5, 5.41) is 5.93. The summed E-state index contributed by atoms with van der Waals surface area (Å²) in [6, 6.07) is 1.61. The third-order valence-electron chi connectivity index (χ3n) is 2.38. The van der Waals surface area contributed by atoms with Crippen molar-refractivity contribution in [1.82, 2.24) is 10.3 Å². The second-order valence-electron chi connectivity index (χ2n) is 3.95. The Labute approximate surface area is 110 Å². The van der Waals surface area contributed by atoms with Crippen LogP contribution in [0.3, 0.4) is 0 Å². The highest BCUT2D eigenvalue weighted by molar-refractivity contribution is 9.10. The maximum Gasteiger partial charge on any atom is 0.242 e. The van der Waals surface area contributed by atoms with Gasteiger partial charge in [-0.2, -0.15) is 0 Å². The Morgan fingerprint density at radius 2 is 2.29 bits per heavy atom. The molecule has 0 aliphatic carbocycles. The number of pyridine rings is 1. The second-order valence-corrected chi connectivity index (χ2v) is 4.74. The normalized spacial score (nSPS) is 12.0. The van der Waals surface area contributed by atoms with E-state index in [1.807, 2.05) is 26.8 Å². The average Bonchev–Trinajstić information content (AvgIpc) is 2.31. The third kappa shape index (κ3) is 4.00. The molecule has 1 amide bonds. The van der Waals surface area contributed by atoms with Gasteiger partial charge in [0.25, 0.3) is 0 Å². The Hall–Kier alpha value is -1.10. The topological polar surface area (TPSA) is 54.0 Å². The van der Waals surface area contributed by atoms with Crippen LogP contribution in [0.5, 0.6) is 0 Å². The standard InChI is InChI=1S/C12H18BrN3O/c1-4-6-15-12(17)9(3)16-11-10(13)8(2)5-7-14-11/h5,7,9H,4,6H2,1-3H3,(H,14,16)(H,15,17). The van der Waals surface area contributed by atoms with Crippen molar-refractivity contribution in [3.05, 3.63) is 22.3 Å². The molecule has 1 unspecified atom stereocenters. The molecule has 2 N–H and O–H groups in total. The Morgan fingerprint density at radius 3 is 2.94 bits per heavy atom. The van der Waals surface area contributed by atoms with Crippen LogP contribution in [0, 0.1) is 6.92 Å². The molecule has 94 valence electrons. The van der Waals surface area contributed by atoms with Crippen LogP contribution in [0.15, 0.2) is 16.7 Å². The molecule has 1 heterocycles. The van der Waals surface area contributed by atoms with Crippen LogP contribution < -0.4 is 10.6 Å². The first-order valence-corrected chi connectivity index (χ1v) is 6.51. The molecule has 4 nitrogen and oxygen atoms in total. The summed E-state index contributed by atoms with van der Waals surface area (Å²) in [7, 11) is 0. The van der Waals surface area contributed by atoms with Crippen LogP contribution in [-0.2, 0) is 4.79 Å². The van der Waals surface area contributed by atoms with Crippen LogP contribution in [0.25, 0.3) is 0 Å². The third-order valence-corrected chi connectivity index (χ3v) is 3.38. The fourth-order valence-electron chi connectivity index (χ4n) is 1.31. The van der Waals surface area contributed by atoms with E-state index in [0.717, 1.165) is 16.5 Å². The highest BCUT2D eigenvalue weighted by Crippen LogP contribution is 2.23. The molecule has 1 aromatic rings. The number of carbonyl (C=O) groups is 1. The molecule has 0 bridgehead atoms. The van der Waals surface area contributed by atoms with Crippen LogP contribution in [0.1, 0.15) is 25.8 Å². The van der Waals surface area contributed by atoms with Gasteiger partial charge in [-0.15, -0.1) is 0 Å². The number of nitrogens with one attached hydrogen (secondary N) is 2. The van der Waals surface area contributed by atoms with Crippen molar-refractivity contribution in [3.63, 3.8) is 0 Å². The molecular formula is C12H18BrN3O. The fourth-order valence-corrected chi connectivity index (χ4v) is 1.66. The zero-order chi connectivity index (χ0) is 12.8. The minimum atomic E-state index is -0.299. The Morgan fingerprint density at radius 1 is 1.59 bits per heavy atom. The van der Waals surface area contributed by atoms with E-state index in [2.05, 4.69) is 31.5 Å². The van der Waals surface area contributed by atoms with Crippen molar-refractivity contribution in [2.75, 3.05) is 11.9 Å². The van der Waals surface area contributed by atoms with E-state index in [4.69, 9.17) is 0 Å². The smallest absolute Gasteiger partial charge is 0.242 e. The van der Waals surface area contributed by atoms with Gasteiger partial charge >= 0.3 is 0 Å². The van der Waals surface area contributed by atoms with Crippen molar-refractivity contribution in [3.8, 4) is 0 Å². The van der Waals surface area contributed by atoms with Crippen LogP contribution in [0.4, 0.5) is 5.82 Å². The van der Waals surface area contributed by atoms with E-state index < -0.39 is 0 Å².